The third-order valence-corrected chi connectivity index (χ3v) is 4.02. The zero-order chi connectivity index (χ0) is 13.4. The number of nitrogens with zero attached hydrogens (tertiary/aromatic N) is 2. The van der Waals surface area contributed by atoms with Gasteiger partial charge in [-0.15, -0.1) is 0 Å². The number of ether oxygens (including phenoxy) is 1. The number of hydrogen-bond acceptors (Lipinski definition) is 2. The van der Waals surface area contributed by atoms with Crippen molar-refractivity contribution in [3.63, 3.8) is 0 Å². The van der Waals surface area contributed by atoms with E-state index in [2.05, 4.69) is 25.5 Å². The number of hydrogen-bond donors (Lipinski definition) is 0. The molecule has 0 saturated carbocycles. The van der Waals surface area contributed by atoms with Gasteiger partial charge in [-0.05, 0) is 34.1 Å². The van der Waals surface area contributed by atoms with Crippen molar-refractivity contribution in [1.82, 2.24) is 9.55 Å². The van der Waals surface area contributed by atoms with Crippen molar-refractivity contribution in [2.24, 2.45) is 0 Å². The Bertz CT molecular complexity index is 754. The molecule has 2 aromatic heterocycles. The summed E-state index contributed by atoms with van der Waals surface area (Å²) < 4.78 is 8.39. The molecule has 0 spiro atoms. The molecule has 0 aliphatic heterocycles. The molecule has 3 rings (SSSR count). The molecule has 0 bridgehead atoms. The lowest BCUT2D eigenvalue weighted by molar-refractivity contribution is 0.189. The van der Waals surface area contributed by atoms with Gasteiger partial charge in [-0.1, -0.05) is 11.6 Å². The SMILES string of the molecule is COCCn1c2cnccc2c2cc(Cl)cc(Br)c21. The first kappa shape index (κ1) is 12.9. The second-order valence-electron chi connectivity index (χ2n) is 4.32. The molecule has 0 unspecified atom stereocenters. The predicted octanol–water partition coefficient (Wildman–Crippen LogP) is 4.25. The first-order valence-corrected chi connectivity index (χ1v) is 7.09. The Balaban J connectivity index is 2.41. The molecule has 3 nitrogen and oxygen atoms in total. The molecule has 1 aromatic carbocycles. The molecule has 0 fully saturated rings. The maximum Gasteiger partial charge on any atom is 0.0678 e. The van der Waals surface area contributed by atoms with Crippen molar-refractivity contribution in [2.75, 3.05) is 13.7 Å². The lowest BCUT2D eigenvalue weighted by atomic mass is 10.2. The molecule has 2 heterocycles. The zero-order valence-corrected chi connectivity index (χ0v) is 12.7. The fraction of sp³-hybridized carbons (Fsp3) is 0.214. The second-order valence-corrected chi connectivity index (χ2v) is 5.61. The average molecular weight is 340 g/mol. The number of rotatable bonds is 3. The highest BCUT2D eigenvalue weighted by atomic mass is 79.9. The normalized spacial score (nSPS) is 11.5. The van der Waals surface area contributed by atoms with E-state index in [-0.39, 0.29) is 0 Å². The topological polar surface area (TPSA) is 27.1 Å². The largest absolute Gasteiger partial charge is 0.383 e. The summed E-state index contributed by atoms with van der Waals surface area (Å²) in [6, 6.07) is 5.93. The Hall–Kier alpha value is -1.10. The van der Waals surface area contributed by atoms with E-state index in [1.807, 2.05) is 24.4 Å². The highest BCUT2D eigenvalue weighted by Gasteiger charge is 2.13. The van der Waals surface area contributed by atoms with Gasteiger partial charge in [0.05, 0.1) is 23.8 Å². The molecule has 0 radical (unpaired) electrons. The maximum absolute atomic E-state index is 6.16. The van der Waals surface area contributed by atoms with Crippen LogP contribution in [0.4, 0.5) is 0 Å². The highest BCUT2D eigenvalue weighted by Crippen LogP contribution is 2.35. The van der Waals surface area contributed by atoms with E-state index in [0.29, 0.717) is 6.61 Å². The molecule has 0 amide bonds. The van der Waals surface area contributed by atoms with E-state index in [1.54, 1.807) is 13.3 Å². The Morgan fingerprint density at radius 2 is 2.21 bits per heavy atom. The van der Waals surface area contributed by atoms with E-state index in [1.165, 1.54) is 0 Å². The van der Waals surface area contributed by atoms with Crippen LogP contribution in [0.15, 0.2) is 35.1 Å². The van der Waals surface area contributed by atoms with Crippen LogP contribution in [0.2, 0.25) is 5.02 Å². The van der Waals surface area contributed by atoms with Gasteiger partial charge in [0, 0.05) is 40.1 Å². The van der Waals surface area contributed by atoms with Crippen LogP contribution in [0, 0.1) is 0 Å². The van der Waals surface area contributed by atoms with Gasteiger partial charge in [0.25, 0.3) is 0 Å². The average Bonchev–Trinajstić information content (AvgIpc) is 2.71. The van der Waals surface area contributed by atoms with Crippen molar-refractivity contribution in [3.05, 3.63) is 40.1 Å². The van der Waals surface area contributed by atoms with Crippen LogP contribution in [0.3, 0.4) is 0 Å². The summed E-state index contributed by atoms with van der Waals surface area (Å²) in [7, 11) is 1.71. The Morgan fingerprint density at radius 3 is 3.00 bits per heavy atom. The number of benzene rings is 1. The van der Waals surface area contributed by atoms with Crippen LogP contribution in [-0.2, 0) is 11.3 Å². The van der Waals surface area contributed by atoms with Crippen LogP contribution in [0.25, 0.3) is 21.8 Å². The van der Waals surface area contributed by atoms with Gasteiger partial charge in [0.1, 0.15) is 0 Å². The third kappa shape index (κ3) is 2.14. The molecular formula is C14H12BrClN2O. The predicted molar refractivity (Wildman–Crippen MR) is 81.8 cm³/mol. The van der Waals surface area contributed by atoms with E-state index >= 15 is 0 Å². The van der Waals surface area contributed by atoms with Gasteiger partial charge in [0.15, 0.2) is 0 Å². The molecular weight excluding hydrogens is 328 g/mol. The molecule has 3 aromatic rings. The number of pyridine rings is 1. The van der Waals surface area contributed by atoms with Gasteiger partial charge in [-0.25, -0.2) is 0 Å². The van der Waals surface area contributed by atoms with Gasteiger partial charge in [0.2, 0.25) is 0 Å². The monoisotopic (exact) mass is 338 g/mol. The van der Waals surface area contributed by atoms with Crippen LogP contribution < -0.4 is 0 Å². The molecule has 19 heavy (non-hydrogen) atoms. The minimum absolute atomic E-state index is 0.656. The highest BCUT2D eigenvalue weighted by molar-refractivity contribution is 9.10. The molecule has 98 valence electrons. The van der Waals surface area contributed by atoms with Crippen molar-refractivity contribution in [3.8, 4) is 0 Å². The van der Waals surface area contributed by atoms with E-state index < -0.39 is 0 Å². The molecule has 0 saturated heterocycles. The Morgan fingerprint density at radius 1 is 1.37 bits per heavy atom. The smallest absolute Gasteiger partial charge is 0.0678 e. The van der Waals surface area contributed by atoms with Gasteiger partial charge in [-0.3, -0.25) is 4.98 Å². The quantitative estimate of drug-likeness (QED) is 0.713. The fourth-order valence-corrected chi connectivity index (χ4v) is 3.43. The van der Waals surface area contributed by atoms with Crippen molar-refractivity contribution in [1.29, 1.82) is 0 Å². The summed E-state index contributed by atoms with van der Waals surface area (Å²) >= 11 is 9.76. The lowest BCUT2D eigenvalue weighted by Gasteiger charge is -2.07. The second kappa shape index (κ2) is 5.12. The van der Waals surface area contributed by atoms with Crippen LogP contribution in [0.1, 0.15) is 0 Å². The summed E-state index contributed by atoms with van der Waals surface area (Å²) in [5, 5.41) is 3.01. The minimum atomic E-state index is 0.656. The van der Waals surface area contributed by atoms with Crippen LogP contribution in [0.5, 0.6) is 0 Å². The van der Waals surface area contributed by atoms with E-state index in [0.717, 1.165) is 37.8 Å². The summed E-state index contributed by atoms with van der Waals surface area (Å²) in [5.74, 6) is 0. The molecule has 0 atom stereocenters. The van der Waals surface area contributed by atoms with Crippen LogP contribution in [-0.4, -0.2) is 23.3 Å². The van der Waals surface area contributed by atoms with Crippen molar-refractivity contribution < 1.29 is 4.74 Å². The van der Waals surface area contributed by atoms with Crippen molar-refractivity contribution >= 4 is 49.3 Å². The Labute approximate surface area is 124 Å². The summed E-state index contributed by atoms with van der Waals surface area (Å²) in [6.07, 6.45) is 3.68. The zero-order valence-electron chi connectivity index (χ0n) is 10.4. The van der Waals surface area contributed by atoms with Crippen LogP contribution >= 0.6 is 27.5 Å². The van der Waals surface area contributed by atoms with E-state index in [4.69, 9.17) is 16.3 Å². The van der Waals surface area contributed by atoms with Crippen molar-refractivity contribution in [2.45, 2.75) is 6.54 Å². The molecule has 0 aliphatic carbocycles. The number of aromatic nitrogens is 2. The third-order valence-electron chi connectivity index (χ3n) is 3.20. The lowest BCUT2D eigenvalue weighted by Crippen LogP contribution is -2.04. The van der Waals surface area contributed by atoms with E-state index in [9.17, 15) is 0 Å². The first-order chi connectivity index (χ1) is 9.22. The summed E-state index contributed by atoms with van der Waals surface area (Å²) in [4.78, 5) is 4.22. The number of halogens is 2. The number of fused-ring (bicyclic) bond motifs is 3. The van der Waals surface area contributed by atoms with Gasteiger partial charge >= 0.3 is 0 Å². The number of methoxy groups -OCH3 is 1. The minimum Gasteiger partial charge on any atom is -0.383 e. The van der Waals surface area contributed by atoms with Gasteiger partial charge < -0.3 is 9.30 Å². The maximum atomic E-state index is 6.16. The fourth-order valence-electron chi connectivity index (χ4n) is 2.41. The summed E-state index contributed by atoms with van der Waals surface area (Å²) in [5.41, 5.74) is 2.22. The molecule has 0 N–H and O–H groups in total. The molecule has 0 aliphatic rings. The first-order valence-electron chi connectivity index (χ1n) is 5.92. The standard InChI is InChI=1S/C14H12BrClN2O/c1-19-5-4-18-13-8-17-3-2-10(13)11-6-9(16)7-12(15)14(11)18/h2-3,6-8H,4-5H2,1H3. The Kier molecular flexibility index (Phi) is 3.48. The van der Waals surface area contributed by atoms with Gasteiger partial charge in [-0.2, -0.15) is 0 Å². The summed E-state index contributed by atoms with van der Waals surface area (Å²) in [6.45, 7) is 1.44. The molecule has 5 heteroatoms.